The van der Waals surface area contributed by atoms with Gasteiger partial charge in [0.05, 0.1) is 26.0 Å². The van der Waals surface area contributed by atoms with Crippen LogP contribution in [0, 0.1) is 0 Å². The van der Waals surface area contributed by atoms with E-state index >= 15 is 0 Å². The van der Waals surface area contributed by atoms with Gasteiger partial charge >= 0.3 is 0 Å². The number of hydrogen-bond acceptors (Lipinski definition) is 6. The zero-order valence-corrected chi connectivity index (χ0v) is 20.3. The van der Waals surface area contributed by atoms with Crippen LogP contribution in [0.3, 0.4) is 0 Å². The summed E-state index contributed by atoms with van der Waals surface area (Å²) in [6.45, 7) is 10.7. The molecule has 1 saturated heterocycles. The number of halogens is 1. The fourth-order valence-corrected chi connectivity index (χ4v) is 3.35. The minimum absolute atomic E-state index is 0. The quantitative estimate of drug-likeness (QED) is 0.320. The Balaban J connectivity index is 0.00000320. The van der Waals surface area contributed by atoms with Gasteiger partial charge in [-0.3, -0.25) is 4.90 Å². The number of nitrogens with zero attached hydrogens (tertiary/aromatic N) is 4. The van der Waals surface area contributed by atoms with E-state index < -0.39 is 0 Å². The topological polar surface area (TPSA) is 75.4 Å². The Hall–Kier alpha value is -2.01. The average Bonchev–Trinajstić information content (AvgIpc) is 3.25. The van der Waals surface area contributed by atoms with E-state index in [1.807, 2.05) is 31.2 Å². The van der Waals surface area contributed by atoms with E-state index in [9.17, 15) is 0 Å². The lowest BCUT2D eigenvalue weighted by atomic mass is 10.2. The van der Waals surface area contributed by atoms with Crippen molar-refractivity contribution >= 4 is 29.9 Å². The number of guanidine groups is 1. The summed E-state index contributed by atoms with van der Waals surface area (Å²) in [5.74, 6) is 2.45. The summed E-state index contributed by atoms with van der Waals surface area (Å²) in [4.78, 5) is 9.55. The predicted molar refractivity (Wildman–Crippen MR) is 128 cm³/mol. The summed E-state index contributed by atoms with van der Waals surface area (Å²) in [6, 6.07) is 7.89. The molecule has 0 amide bonds. The van der Waals surface area contributed by atoms with Gasteiger partial charge in [0.1, 0.15) is 6.26 Å². The maximum absolute atomic E-state index is 5.68. The van der Waals surface area contributed by atoms with Crippen molar-refractivity contribution in [2.75, 3.05) is 46.4 Å². The monoisotopic (exact) mass is 529 g/mol. The van der Waals surface area contributed by atoms with Crippen molar-refractivity contribution in [1.29, 1.82) is 0 Å². The Labute approximate surface area is 195 Å². The molecule has 0 atom stereocenters. The fraction of sp³-hybridized carbons (Fsp3) is 0.524. The SMILES string of the molecule is CCNC(=NCc1ccc(OC)c(OCC)c1)N1CCN(Cc2ccon2)CC1.I. The molecule has 1 aromatic carbocycles. The first kappa shape index (κ1) is 24.3. The van der Waals surface area contributed by atoms with Gasteiger partial charge in [-0.25, -0.2) is 4.99 Å². The van der Waals surface area contributed by atoms with Gasteiger partial charge in [0.15, 0.2) is 17.5 Å². The normalized spacial score (nSPS) is 14.9. The van der Waals surface area contributed by atoms with Crippen molar-refractivity contribution in [3.05, 3.63) is 41.8 Å². The summed E-state index contributed by atoms with van der Waals surface area (Å²) in [6.07, 6.45) is 1.62. The van der Waals surface area contributed by atoms with Crippen LogP contribution in [0.15, 0.2) is 40.0 Å². The van der Waals surface area contributed by atoms with Crippen LogP contribution in [-0.2, 0) is 13.1 Å². The number of rotatable bonds is 8. The molecule has 0 bridgehead atoms. The van der Waals surface area contributed by atoms with E-state index in [1.54, 1.807) is 13.4 Å². The van der Waals surface area contributed by atoms with Crippen LogP contribution in [0.4, 0.5) is 0 Å². The lowest BCUT2D eigenvalue weighted by Crippen LogP contribution is -2.52. The number of benzene rings is 1. The van der Waals surface area contributed by atoms with Gasteiger partial charge in [0.25, 0.3) is 0 Å². The number of aliphatic imine (C=N–C) groups is 1. The number of ether oxygens (including phenoxy) is 2. The van der Waals surface area contributed by atoms with Crippen LogP contribution < -0.4 is 14.8 Å². The summed E-state index contributed by atoms with van der Waals surface area (Å²) in [7, 11) is 1.65. The molecular formula is C21H32IN5O3. The maximum atomic E-state index is 5.68. The van der Waals surface area contributed by atoms with Gasteiger partial charge < -0.3 is 24.2 Å². The predicted octanol–water partition coefficient (Wildman–Crippen LogP) is 2.98. The Morgan fingerprint density at radius 1 is 1.17 bits per heavy atom. The lowest BCUT2D eigenvalue weighted by molar-refractivity contribution is 0.169. The summed E-state index contributed by atoms with van der Waals surface area (Å²) in [5, 5.41) is 7.42. The zero-order valence-electron chi connectivity index (χ0n) is 18.0. The van der Waals surface area contributed by atoms with Gasteiger partial charge in [-0.1, -0.05) is 11.2 Å². The molecule has 0 spiro atoms. The first-order valence-corrected chi connectivity index (χ1v) is 10.2. The molecule has 1 aromatic heterocycles. The van der Waals surface area contributed by atoms with Crippen molar-refractivity contribution in [3.8, 4) is 11.5 Å². The molecule has 2 heterocycles. The molecule has 1 N–H and O–H groups in total. The Morgan fingerprint density at radius 3 is 2.60 bits per heavy atom. The van der Waals surface area contributed by atoms with E-state index in [0.29, 0.717) is 13.2 Å². The van der Waals surface area contributed by atoms with Gasteiger partial charge in [0.2, 0.25) is 0 Å². The van der Waals surface area contributed by atoms with E-state index in [-0.39, 0.29) is 24.0 Å². The number of piperazine rings is 1. The molecule has 0 aliphatic carbocycles. The van der Waals surface area contributed by atoms with Crippen molar-refractivity contribution in [2.45, 2.75) is 26.9 Å². The van der Waals surface area contributed by atoms with Crippen molar-refractivity contribution in [1.82, 2.24) is 20.3 Å². The molecule has 9 heteroatoms. The number of nitrogens with one attached hydrogen (secondary N) is 1. The molecular weight excluding hydrogens is 497 g/mol. The Morgan fingerprint density at radius 2 is 1.97 bits per heavy atom. The van der Waals surface area contributed by atoms with Gasteiger partial charge in [-0.15, -0.1) is 24.0 Å². The number of hydrogen-bond donors (Lipinski definition) is 1. The molecule has 166 valence electrons. The third-order valence-electron chi connectivity index (χ3n) is 4.82. The number of methoxy groups -OCH3 is 1. The molecule has 0 radical (unpaired) electrons. The minimum Gasteiger partial charge on any atom is -0.493 e. The first-order chi connectivity index (χ1) is 14.2. The van der Waals surface area contributed by atoms with Crippen LogP contribution in [0.2, 0.25) is 0 Å². The van der Waals surface area contributed by atoms with E-state index in [4.69, 9.17) is 19.0 Å². The highest BCUT2D eigenvalue weighted by Crippen LogP contribution is 2.28. The van der Waals surface area contributed by atoms with Crippen molar-refractivity contribution in [2.24, 2.45) is 4.99 Å². The van der Waals surface area contributed by atoms with Crippen LogP contribution in [0.25, 0.3) is 0 Å². The third-order valence-corrected chi connectivity index (χ3v) is 4.82. The van der Waals surface area contributed by atoms with Gasteiger partial charge in [-0.05, 0) is 31.5 Å². The number of aromatic nitrogens is 1. The highest BCUT2D eigenvalue weighted by Gasteiger charge is 2.20. The fourth-order valence-electron chi connectivity index (χ4n) is 3.35. The molecule has 3 rings (SSSR count). The van der Waals surface area contributed by atoms with E-state index in [2.05, 4.69) is 27.2 Å². The maximum Gasteiger partial charge on any atom is 0.194 e. The summed E-state index contributed by atoms with van der Waals surface area (Å²) in [5.41, 5.74) is 2.07. The zero-order chi connectivity index (χ0) is 20.5. The second-order valence-corrected chi connectivity index (χ2v) is 6.84. The van der Waals surface area contributed by atoms with Crippen molar-refractivity contribution in [3.63, 3.8) is 0 Å². The van der Waals surface area contributed by atoms with Gasteiger partial charge in [0, 0.05) is 45.3 Å². The molecule has 1 aliphatic rings. The Bertz CT molecular complexity index is 777. The molecule has 8 nitrogen and oxygen atoms in total. The standard InChI is InChI=1S/C21H31N5O3.HI/c1-4-22-21(23-15-17-6-7-19(27-3)20(14-17)28-5-2)26-11-9-25(10-12-26)16-18-8-13-29-24-18;/h6-8,13-14H,4-5,9-12,15-16H2,1-3H3,(H,22,23);1H. The Kier molecular flexibility index (Phi) is 10.2. The van der Waals surface area contributed by atoms with Crippen LogP contribution in [-0.4, -0.2) is 67.4 Å². The molecule has 1 fully saturated rings. The molecule has 30 heavy (non-hydrogen) atoms. The minimum atomic E-state index is 0. The highest BCUT2D eigenvalue weighted by atomic mass is 127. The van der Waals surface area contributed by atoms with E-state index in [0.717, 1.165) is 68.0 Å². The second-order valence-electron chi connectivity index (χ2n) is 6.84. The van der Waals surface area contributed by atoms with Crippen LogP contribution in [0.1, 0.15) is 25.1 Å². The molecule has 0 saturated carbocycles. The van der Waals surface area contributed by atoms with Crippen molar-refractivity contribution < 1.29 is 14.0 Å². The molecule has 2 aromatic rings. The lowest BCUT2D eigenvalue weighted by Gasteiger charge is -2.36. The highest BCUT2D eigenvalue weighted by molar-refractivity contribution is 14.0. The van der Waals surface area contributed by atoms with Gasteiger partial charge in [-0.2, -0.15) is 0 Å². The third kappa shape index (κ3) is 6.76. The van der Waals surface area contributed by atoms with E-state index in [1.165, 1.54) is 0 Å². The largest absolute Gasteiger partial charge is 0.493 e. The summed E-state index contributed by atoms with van der Waals surface area (Å²) < 4.78 is 16.0. The molecule has 0 unspecified atom stereocenters. The smallest absolute Gasteiger partial charge is 0.194 e. The molecule has 1 aliphatic heterocycles. The van der Waals surface area contributed by atoms with Crippen LogP contribution in [0.5, 0.6) is 11.5 Å². The van der Waals surface area contributed by atoms with Crippen LogP contribution >= 0.6 is 24.0 Å². The second kappa shape index (κ2) is 12.6. The summed E-state index contributed by atoms with van der Waals surface area (Å²) >= 11 is 0. The first-order valence-electron chi connectivity index (χ1n) is 10.2. The average molecular weight is 529 g/mol.